The van der Waals surface area contributed by atoms with Gasteiger partial charge in [-0.1, -0.05) is 36.7 Å². The Morgan fingerprint density at radius 3 is 2.77 bits per heavy atom. The number of rotatable bonds is 3. The normalized spacial score (nSPS) is 31.0. The van der Waals surface area contributed by atoms with Gasteiger partial charge in [-0.05, 0) is 112 Å². The standard InChI is InChI=1S/C36H45ClN2O7S/c1-22(2)46-34(41)18-33-23(3)6-4-8-31(40)28-12-9-26(28)19-39-20-36(15-5-7-24-16-27(37)11-13-29(24)36)21-45-32-14-10-25(17-30(32)39)35(42)38-47(33,43)44/h4,8,10-11,13-14,16-17,22-23,26,28,31,33,40H,5-7,9,12,15,18-21H2,1-3H3,(H,38,42)/b8-4-/t23-,26-,28+,31-,33-,36-/m0/s1. The van der Waals surface area contributed by atoms with Crippen molar-refractivity contribution in [1.29, 1.82) is 0 Å². The first-order valence-corrected chi connectivity index (χ1v) is 18.7. The van der Waals surface area contributed by atoms with Crippen LogP contribution in [0.5, 0.6) is 5.75 Å². The van der Waals surface area contributed by atoms with Crippen LogP contribution in [-0.2, 0) is 31.4 Å². The second-order valence-electron chi connectivity index (χ2n) is 14.2. The number of sulfonamides is 1. The molecule has 0 saturated heterocycles. The average Bonchev–Trinajstić information content (AvgIpc) is 3.13. The number of esters is 1. The molecular formula is C36H45ClN2O7S. The summed E-state index contributed by atoms with van der Waals surface area (Å²) in [6.07, 6.45) is 7.09. The molecule has 0 radical (unpaired) electrons. The molecule has 1 spiro atoms. The third kappa shape index (κ3) is 7.06. The molecule has 2 heterocycles. The van der Waals surface area contributed by atoms with Gasteiger partial charge in [0.25, 0.3) is 5.91 Å². The topological polar surface area (TPSA) is 122 Å². The van der Waals surface area contributed by atoms with E-state index in [0.717, 1.165) is 37.8 Å². The van der Waals surface area contributed by atoms with Gasteiger partial charge in [0.2, 0.25) is 10.0 Å². The van der Waals surface area contributed by atoms with Crippen molar-refractivity contribution in [3.05, 3.63) is 70.3 Å². The van der Waals surface area contributed by atoms with Gasteiger partial charge in [0, 0.05) is 29.1 Å². The minimum absolute atomic E-state index is 0.0440. The summed E-state index contributed by atoms with van der Waals surface area (Å²) in [4.78, 5) is 28.6. The van der Waals surface area contributed by atoms with E-state index < -0.39 is 51.7 Å². The lowest BCUT2D eigenvalue weighted by Gasteiger charge is -2.45. The molecule has 2 aliphatic heterocycles. The van der Waals surface area contributed by atoms with E-state index in [0.29, 0.717) is 36.9 Å². The van der Waals surface area contributed by atoms with Gasteiger partial charge in [-0.15, -0.1) is 0 Å². The van der Waals surface area contributed by atoms with E-state index in [2.05, 4.69) is 15.7 Å². The predicted octanol–water partition coefficient (Wildman–Crippen LogP) is 5.57. The van der Waals surface area contributed by atoms with Crippen molar-refractivity contribution in [2.75, 3.05) is 24.6 Å². The number of hydrogen-bond acceptors (Lipinski definition) is 8. The number of nitrogens with one attached hydrogen (secondary N) is 1. The lowest BCUT2D eigenvalue weighted by molar-refractivity contribution is -0.147. The maximum absolute atomic E-state index is 13.7. The molecule has 47 heavy (non-hydrogen) atoms. The number of aliphatic hydroxyl groups is 1. The molecule has 1 saturated carbocycles. The van der Waals surface area contributed by atoms with Crippen LogP contribution in [-0.4, -0.2) is 62.6 Å². The molecule has 2 aromatic rings. The van der Waals surface area contributed by atoms with Crippen molar-refractivity contribution < 1.29 is 32.6 Å². The van der Waals surface area contributed by atoms with E-state index >= 15 is 0 Å². The number of ether oxygens (including phenoxy) is 2. The second kappa shape index (κ2) is 13.4. The zero-order chi connectivity index (χ0) is 33.5. The molecule has 11 heteroatoms. The molecule has 0 unspecified atom stereocenters. The number of benzene rings is 2. The number of nitrogens with zero attached hydrogens (tertiary/aromatic N) is 1. The Bertz CT molecular complexity index is 1660. The molecule has 1 fully saturated rings. The Hall–Kier alpha value is -3.08. The summed E-state index contributed by atoms with van der Waals surface area (Å²) in [5.74, 6) is -1.06. The van der Waals surface area contributed by atoms with Gasteiger partial charge in [-0.25, -0.2) is 13.1 Å². The van der Waals surface area contributed by atoms with Crippen LogP contribution in [0.1, 0.15) is 80.8 Å². The van der Waals surface area contributed by atoms with Gasteiger partial charge in [0.1, 0.15) is 5.75 Å². The van der Waals surface area contributed by atoms with Crippen LogP contribution in [0, 0.1) is 17.8 Å². The number of carbonyl (C=O) groups excluding carboxylic acids is 2. The number of aliphatic hydroxyl groups excluding tert-OH is 1. The first-order valence-electron chi connectivity index (χ1n) is 16.8. The molecule has 2 aliphatic carbocycles. The molecule has 9 nitrogen and oxygen atoms in total. The maximum Gasteiger partial charge on any atom is 0.307 e. The zero-order valence-corrected chi connectivity index (χ0v) is 28.9. The lowest BCUT2D eigenvalue weighted by atomic mass is 9.68. The molecule has 2 N–H and O–H groups in total. The number of fused-ring (bicyclic) bond motifs is 4. The maximum atomic E-state index is 13.7. The van der Waals surface area contributed by atoms with Crippen molar-refractivity contribution in [2.24, 2.45) is 17.8 Å². The van der Waals surface area contributed by atoms with Crippen molar-refractivity contribution >= 4 is 39.2 Å². The molecular weight excluding hydrogens is 640 g/mol. The second-order valence-corrected chi connectivity index (χ2v) is 16.5. The highest BCUT2D eigenvalue weighted by molar-refractivity contribution is 7.90. The summed E-state index contributed by atoms with van der Waals surface area (Å²) in [6, 6.07) is 11.1. The third-order valence-electron chi connectivity index (χ3n) is 10.5. The lowest BCUT2D eigenvalue weighted by Crippen LogP contribution is -2.49. The molecule has 6 atom stereocenters. The summed E-state index contributed by atoms with van der Waals surface area (Å²) in [7, 11) is -4.30. The van der Waals surface area contributed by atoms with Crippen LogP contribution in [0.2, 0.25) is 5.02 Å². The minimum Gasteiger partial charge on any atom is -0.490 e. The van der Waals surface area contributed by atoms with Crippen molar-refractivity contribution in [2.45, 2.75) is 88.6 Å². The van der Waals surface area contributed by atoms with Crippen LogP contribution in [0.15, 0.2) is 48.6 Å². The van der Waals surface area contributed by atoms with E-state index in [4.69, 9.17) is 21.1 Å². The number of carbonyl (C=O) groups is 2. The van der Waals surface area contributed by atoms with Gasteiger partial charge in [-0.3, -0.25) is 9.59 Å². The smallest absolute Gasteiger partial charge is 0.307 e. The molecule has 2 bridgehead atoms. The summed E-state index contributed by atoms with van der Waals surface area (Å²) < 4.78 is 41.6. The Labute approximate surface area is 282 Å². The van der Waals surface area contributed by atoms with E-state index in [1.54, 1.807) is 51.1 Å². The Balaban J connectivity index is 1.39. The van der Waals surface area contributed by atoms with Crippen molar-refractivity contribution in [3.63, 3.8) is 0 Å². The summed E-state index contributed by atoms with van der Waals surface area (Å²) in [5.41, 5.74) is 3.04. The van der Waals surface area contributed by atoms with Gasteiger partial charge in [0.15, 0.2) is 0 Å². The quantitative estimate of drug-likeness (QED) is 0.318. The SMILES string of the molecule is CC(C)OC(=O)C[C@H]1[C@@H](C)C/C=C\[C@H](O)[C@@H]2CC[C@H]2CN2C[C@@]3(CCCc4cc(Cl)ccc43)COc3ccc(cc32)C(=O)NS1(=O)=O. The molecule has 1 amide bonds. The highest BCUT2D eigenvalue weighted by atomic mass is 35.5. The average molecular weight is 685 g/mol. The van der Waals surface area contributed by atoms with Crippen LogP contribution in [0.4, 0.5) is 5.69 Å². The number of hydrogen-bond donors (Lipinski definition) is 2. The molecule has 4 aliphatic rings. The Kier molecular flexibility index (Phi) is 9.67. The Morgan fingerprint density at radius 1 is 1.21 bits per heavy atom. The highest BCUT2D eigenvalue weighted by Gasteiger charge is 2.44. The first kappa shape index (κ1) is 33.8. The van der Waals surface area contributed by atoms with Crippen molar-refractivity contribution in [3.8, 4) is 5.75 Å². The fraction of sp³-hybridized carbons (Fsp3) is 0.556. The summed E-state index contributed by atoms with van der Waals surface area (Å²) in [6.45, 7) is 6.89. The van der Waals surface area contributed by atoms with Crippen LogP contribution >= 0.6 is 11.6 Å². The van der Waals surface area contributed by atoms with Gasteiger partial charge < -0.3 is 19.5 Å². The summed E-state index contributed by atoms with van der Waals surface area (Å²) in [5, 5.41) is 10.8. The van der Waals surface area contributed by atoms with Gasteiger partial charge >= 0.3 is 5.97 Å². The van der Waals surface area contributed by atoms with Gasteiger partial charge in [-0.2, -0.15) is 0 Å². The van der Waals surface area contributed by atoms with E-state index in [1.807, 2.05) is 12.1 Å². The van der Waals surface area contributed by atoms with E-state index in [9.17, 15) is 23.1 Å². The third-order valence-corrected chi connectivity index (χ3v) is 12.6. The number of aryl methyl sites for hydroxylation is 1. The molecule has 6 rings (SSSR count). The number of amides is 1. The van der Waals surface area contributed by atoms with Crippen LogP contribution in [0.3, 0.4) is 0 Å². The number of halogens is 1. The number of anilines is 1. The van der Waals surface area contributed by atoms with Crippen LogP contribution < -0.4 is 14.4 Å². The Morgan fingerprint density at radius 2 is 2.02 bits per heavy atom. The van der Waals surface area contributed by atoms with E-state index in [-0.39, 0.29) is 22.8 Å². The molecule has 0 aromatic heterocycles. The van der Waals surface area contributed by atoms with E-state index in [1.165, 1.54) is 11.1 Å². The van der Waals surface area contributed by atoms with Crippen LogP contribution in [0.25, 0.3) is 0 Å². The summed E-state index contributed by atoms with van der Waals surface area (Å²) >= 11 is 6.40. The molecule has 254 valence electrons. The van der Waals surface area contributed by atoms with Gasteiger partial charge in [0.05, 0.1) is 36.2 Å². The van der Waals surface area contributed by atoms with Crippen molar-refractivity contribution in [1.82, 2.24) is 4.72 Å². The minimum atomic E-state index is -4.30. The predicted molar refractivity (Wildman–Crippen MR) is 181 cm³/mol. The zero-order valence-electron chi connectivity index (χ0n) is 27.3. The monoisotopic (exact) mass is 684 g/mol. The highest BCUT2D eigenvalue weighted by Crippen LogP contribution is 2.46. The largest absolute Gasteiger partial charge is 0.490 e. The molecule has 2 aromatic carbocycles. The fourth-order valence-corrected chi connectivity index (χ4v) is 9.69. The number of allylic oxidation sites excluding steroid dienone is 1. The fourth-order valence-electron chi connectivity index (χ4n) is 7.89. The first-order chi connectivity index (χ1) is 22.3.